The topological polar surface area (TPSA) is 119 Å². The summed E-state index contributed by atoms with van der Waals surface area (Å²) >= 11 is 0. The molecule has 2 N–H and O–H groups in total. The van der Waals surface area contributed by atoms with E-state index < -0.39 is 35.3 Å². The Morgan fingerprint density at radius 3 is 2.42 bits per heavy atom. The van der Waals surface area contributed by atoms with Gasteiger partial charge in [0.2, 0.25) is 5.79 Å². The number of hydrogen-bond acceptors (Lipinski definition) is 9. The molecule has 12 heteroatoms. The zero-order chi connectivity index (χ0) is 42.2. The predicted molar refractivity (Wildman–Crippen MR) is 221 cm³/mol. The largest absolute Gasteiger partial charge is 0.489 e. The van der Waals surface area contributed by atoms with Crippen molar-refractivity contribution in [2.45, 2.75) is 102 Å². The third-order valence-electron chi connectivity index (χ3n) is 11.5. The highest BCUT2D eigenvalue weighted by Crippen LogP contribution is 2.62. The van der Waals surface area contributed by atoms with E-state index in [2.05, 4.69) is 12.7 Å². The number of aliphatic hydroxyl groups is 2. The fraction of sp³-hybridized carbons (Fsp3) is 0.489. The number of carbonyl (C=O) groups is 1. The van der Waals surface area contributed by atoms with Gasteiger partial charge < -0.3 is 34.0 Å². The molecule has 6 rings (SSSR count). The molecule has 0 aromatic heterocycles. The molecular formula is C47H58F2N2O8. The molecule has 1 heterocycles. The second-order valence-electron chi connectivity index (χ2n) is 16.6. The summed E-state index contributed by atoms with van der Waals surface area (Å²) in [7, 11) is 1.32. The van der Waals surface area contributed by atoms with Crippen LogP contribution in [0.25, 0.3) is 0 Å². The molecule has 318 valence electrons. The Hall–Kier alpha value is -4.78. The quantitative estimate of drug-likeness (QED) is 0.0742. The number of amides is 1. The number of ether oxygens (including phenoxy) is 4. The summed E-state index contributed by atoms with van der Waals surface area (Å²) in [5.41, 5.74) is 2.82. The average Bonchev–Trinajstić information content (AvgIpc) is 3.22. The SMILES string of the molecule is C=CCOC12Oc3ccc(OCc4ccccc4F)cc3C3C(CCCCO)C(CCCCO)C=C(C(=NOC(C)(C)C)CC1N(Cc1ccc(F)cc1)C(=O)OC)C32. The number of allylic oxidation sites excluding steroid dienone is 1. The number of oxime groups is 1. The van der Waals surface area contributed by atoms with E-state index in [4.69, 9.17) is 28.9 Å². The average molecular weight is 817 g/mol. The molecule has 0 saturated heterocycles. The molecule has 6 atom stereocenters. The van der Waals surface area contributed by atoms with Crippen LogP contribution in [0.1, 0.15) is 88.3 Å². The van der Waals surface area contributed by atoms with Crippen LogP contribution in [-0.4, -0.2) is 71.3 Å². The predicted octanol–water partition coefficient (Wildman–Crippen LogP) is 9.24. The second-order valence-corrected chi connectivity index (χ2v) is 16.6. The molecule has 2 aliphatic carbocycles. The van der Waals surface area contributed by atoms with Crippen LogP contribution in [-0.2, 0) is 27.5 Å². The fourth-order valence-electron chi connectivity index (χ4n) is 8.91. The van der Waals surface area contributed by atoms with Crippen molar-refractivity contribution in [2.75, 3.05) is 26.9 Å². The minimum Gasteiger partial charge on any atom is -0.489 e. The van der Waals surface area contributed by atoms with Gasteiger partial charge in [0.1, 0.15) is 41.4 Å². The molecule has 3 aromatic carbocycles. The van der Waals surface area contributed by atoms with Crippen molar-refractivity contribution < 1.29 is 47.6 Å². The van der Waals surface area contributed by atoms with Crippen molar-refractivity contribution in [1.29, 1.82) is 0 Å². The number of carbonyl (C=O) groups excluding carboxylic acids is 1. The van der Waals surface area contributed by atoms with Crippen LogP contribution in [0.15, 0.2) is 96.2 Å². The third kappa shape index (κ3) is 9.99. The molecule has 59 heavy (non-hydrogen) atoms. The number of unbranched alkanes of at least 4 members (excludes halogenated alkanes) is 2. The minimum atomic E-state index is -1.52. The highest BCUT2D eigenvalue weighted by atomic mass is 19.1. The lowest BCUT2D eigenvalue weighted by atomic mass is 9.55. The lowest BCUT2D eigenvalue weighted by Gasteiger charge is -2.59. The van der Waals surface area contributed by atoms with Gasteiger partial charge in [-0.1, -0.05) is 60.5 Å². The van der Waals surface area contributed by atoms with Crippen LogP contribution in [0.4, 0.5) is 13.6 Å². The molecule has 1 saturated carbocycles. The van der Waals surface area contributed by atoms with E-state index in [0.29, 0.717) is 41.2 Å². The number of rotatable bonds is 18. The van der Waals surface area contributed by atoms with E-state index in [1.54, 1.807) is 47.4 Å². The first-order valence-electron chi connectivity index (χ1n) is 20.6. The zero-order valence-electron chi connectivity index (χ0n) is 34.6. The van der Waals surface area contributed by atoms with E-state index in [9.17, 15) is 23.8 Å². The lowest BCUT2D eigenvalue weighted by Crippen LogP contribution is -2.70. The van der Waals surface area contributed by atoms with Crippen LogP contribution >= 0.6 is 0 Å². The number of nitrogens with zero attached hydrogens (tertiary/aromatic N) is 2. The summed E-state index contributed by atoms with van der Waals surface area (Å²) in [6, 6.07) is 17.2. The number of methoxy groups -OCH3 is 1. The maximum atomic E-state index is 14.7. The van der Waals surface area contributed by atoms with Gasteiger partial charge in [-0.15, -0.1) is 6.58 Å². The number of fused-ring (bicyclic) bond motifs is 2. The molecule has 0 radical (unpaired) electrons. The van der Waals surface area contributed by atoms with Gasteiger partial charge in [0.25, 0.3) is 0 Å². The van der Waals surface area contributed by atoms with E-state index in [1.165, 1.54) is 25.3 Å². The summed E-state index contributed by atoms with van der Waals surface area (Å²) < 4.78 is 54.8. The van der Waals surface area contributed by atoms with Gasteiger partial charge in [-0.25, -0.2) is 13.6 Å². The van der Waals surface area contributed by atoms with Gasteiger partial charge in [-0.05, 0) is 106 Å². The lowest BCUT2D eigenvalue weighted by molar-refractivity contribution is -0.256. The Labute approximate surface area is 346 Å². The van der Waals surface area contributed by atoms with Gasteiger partial charge in [0, 0.05) is 43.2 Å². The molecule has 1 aliphatic heterocycles. The van der Waals surface area contributed by atoms with Gasteiger partial charge in [0.05, 0.1) is 25.3 Å². The molecule has 0 spiro atoms. The van der Waals surface area contributed by atoms with Crippen LogP contribution in [0.2, 0.25) is 0 Å². The number of hydrogen-bond donors (Lipinski definition) is 2. The summed E-state index contributed by atoms with van der Waals surface area (Å²) in [5.74, 6) is -2.07. The first-order chi connectivity index (χ1) is 28.4. The van der Waals surface area contributed by atoms with Crippen molar-refractivity contribution in [3.05, 3.63) is 119 Å². The standard InChI is InChI=1S/C47H58F2N2O8/c1-6-25-57-47-42(51(45(54)55-5)29-31-17-19-34(48)20-18-31)28-40(50-59-46(2,3)4)37-26-32(13-9-11-23-52)36(15-10-12-24-53)43(44(37)47)38-27-35(21-22-41(38)58-47)56-30-33-14-7-8-16-39(33)49/h6-8,14,16-22,26-27,32,36,42-44,52-53H,1,9-13,15,23-25,28-30H2,2-5H3. The van der Waals surface area contributed by atoms with E-state index in [1.807, 2.05) is 32.9 Å². The van der Waals surface area contributed by atoms with Gasteiger partial charge in [0.15, 0.2) is 0 Å². The summed E-state index contributed by atoms with van der Waals surface area (Å²) in [4.78, 5) is 21.9. The Balaban J connectivity index is 1.59. The number of aliphatic hydroxyl groups excluding tert-OH is 2. The highest BCUT2D eigenvalue weighted by molar-refractivity contribution is 6.03. The Morgan fingerprint density at radius 2 is 1.75 bits per heavy atom. The smallest absolute Gasteiger partial charge is 0.410 e. The first kappa shape index (κ1) is 43.8. The first-order valence-corrected chi connectivity index (χ1v) is 20.6. The van der Waals surface area contributed by atoms with Crippen LogP contribution in [0.5, 0.6) is 11.5 Å². The van der Waals surface area contributed by atoms with Crippen molar-refractivity contribution in [2.24, 2.45) is 22.9 Å². The molecular weight excluding hydrogens is 759 g/mol. The van der Waals surface area contributed by atoms with E-state index >= 15 is 0 Å². The van der Waals surface area contributed by atoms with Crippen molar-refractivity contribution in [1.82, 2.24) is 4.90 Å². The molecule has 6 unspecified atom stereocenters. The van der Waals surface area contributed by atoms with Crippen molar-refractivity contribution in [3.8, 4) is 11.5 Å². The molecule has 10 nitrogen and oxygen atoms in total. The van der Waals surface area contributed by atoms with Crippen LogP contribution in [0.3, 0.4) is 0 Å². The normalized spacial score (nSPS) is 24.0. The summed E-state index contributed by atoms with van der Waals surface area (Å²) in [6.45, 7) is 10.0. The van der Waals surface area contributed by atoms with Crippen molar-refractivity contribution in [3.63, 3.8) is 0 Å². The van der Waals surface area contributed by atoms with Gasteiger partial charge in [-0.3, -0.25) is 4.90 Å². The molecule has 1 amide bonds. The molecule has 3 aromatic rings. The monoisotopic (exact) mass is 816 g/mol. The Kier molecular flexibility index (Phi) is 14.5. The second kappa shape index (κ2) is 19.5. The minimum absolute atomic E-state index is 0.0160. The number of benzene rings is 3. The maximum absolute atomic E-state index is 14.7. The number of halogens is 2. The molecule has 1 fully saturated rings. The van der Waals surface area contributed by atoms with E-state index in [0.717, 1.165) is 36.8 Å². The fourth-order valence-corrected chi connectivity index (χ4v) is 8.91. The van der Waals surface area contributed by atoms with Crippen molar-refractivity contribution >= 4 is 11.8 Å². The van der Waals surface area contributed by atoms with Gasteiger partial charge >= 0.3 is 6.09 Å². The zero-order valence-corrected chi connectivity index (χ0v) is 34.6. The summed E-state index contributed by atoms with van der Waals surface area (Å²) in [6.07, 6.45) is 7.77. The summed E-state index contributed by atoms with van der Waals surface area (Å²) in [5, 5.41) is 24.6. The van der Waals surface area contributed by atoms with Crippen LogP contribution < -0.4 is 9.47 Å². The maximum Gasteiger partial charge on any atom is 0.410 e. The highest BCUT2D eigenvalue weighted by Gasteiger charge is 2.65. The van der Waals surface area contributed by atoms with Crippen LogP contribution in [0, 0.1) is 29.4 Å². The Bertz CT molecular complexity index is 1960. The molecule has 0 bridgehead atoms. The van der Waals surface area contributed by atoms with E-state index in [-0.39, 0.29) is 63.0 Å². The van der Waals surface area contributed by atoms with Gasteiger partial charge in [-0.2, -0.15) is 0 Å². The third-order valence-corrected chi connectivity index (χ3v) is 11.5. The molecule has 3 aliphatic rings. The Morgan fingerprint density at radius 1 is 1.02 bits per heavy atom.